The van der Waals surface area contributed by atoms with Crippen LogP contribution in [0.25, 0.3) is 10.4 Å². The molecule has 31 heavy (non-hydrogen) atoms. The number of hydrogen-bond acceptors (Lipinski definition) is 5. The highest BCUT2D eigenvalue weighted by Crippen LogP contribution is 2.43. The van der Waals surface area contributed by atoms with Gasteiger partial charge in [-0.1, -0.05) is 12.1 Å². The molecule has 162 valence electrons. The Hall–Kier alpha value is -2.40. The number of aryl methyl sites for hydroxylation is 1. The van der Waals surface area contributed by atoms with E-state index in [1.807, 2.05) is 24.5 Å². The SMILES string of the molecule is COc1ccc([C@H]2CC[C@H](CNc3cccc(-c4cnc(C5CC5)s4)c3)CC2)nc1C. The number of thiazole rings is 1. The first-order chi connectivity index (χ1) is 15.2. The number of nitrogens with one attached hydrogen (secondary N) is 1. The van der Waals surface area contributed by atoms with E-state index in [2.05, 4.69) is 46.7 Å². The lowest BCUT2D eigenvalue weighted by atomic mass is 9.80. The summed E-state index contributed by atoms with van der Waals surface area (Å²) in [5.41, 5.74) is 4.72. The fourth-order valence-electron chi connectivity index (χ4n) is 4.66. The lowest BCUT2D eigenvalue weighted by Gasteiger charge is -2.29. The summed E-state index contributed by atoms with van der Waals surface area (Å²) in [6.45, 7) is 3.08. The number of benzene rings is 1. The molecule has 1 aromatic carbocycles. The second-order valence-electron chi connectivity index (χ2n) is 9.04. The molecule has 4 nitrogen and oxygen atoms in total. The van der Waals surface area contributed by atoms with E-state index in [0.29, 0.717) is 5.92 Å². The minimum Gasteiger partial charge on any atom is -0.495 e. The summed E-state index contributed by atoms with van der Waals surface area (Å²) in [4.78, 5) is 10.7. The first kappa shape index (κ1) is 20.5. The monoisotopic (exact) mass is 433 g/mol. The van der Waals surface area contributed by atoms with Crippen LogP contribution in [0.2, 0.25) is 0 Å². The lowest BCUT2D eigenvalue weighted by molar-refractivity contribution is 0.334. The van der Waals surface area contributed by atoms with Gasteiger partial charge in [-0.05, 0) is 81.2 Å². The van der Waals surface area contributed by atoms with E-state index in [-0.39, 0.29) is 0 Å². The van der Waals surface area contributed by atoms with E-state index in [4.69, 9.17) is 9.72 Å². The van der Waals surface area contributed by atoms with E-state index in [9.17, 15) is 0 Å². The molecule has 0 aliphatic heterocycles. The zero-order chi connectivity index (χ0) is 21.2. The van der Waals surface area contributed by atoms with Crippen molar-refractivity contribution in [3.8, 4) is 16.2 Å². The zero-order valence-corrected chi connectivity index (χ0v) is 19.3. The van der Waals surface area contributed by atoms with E-state index < -0.39 is 0 Å². The average molecular weight is 434 g/mol. The number of hydrogen-bond donors (Lipinski definition) is 1. The molecule has 0 amide bonds. The molecular weight excluding hydrogens is 402 g/mol. The minimum absolute atomic E-state index is 0.580. The molecule has 2 aromatic heterocycles. The van der Waals surface area contributed by atoms with Crippen LogP contribution in [0.5, 0.6) is 5.75 Å². The molecule has 1 N–H and O–H groups in total. The van der Waals surface area contributed by atoms with E-state index in [1.165, 1.54) is 65.4 Å². The Morgan fingerprint density at radius 1 is 1.03 bits per heavy atom. The molecular formula is C26H31N3OS. The molecule has 2 fully saturated rings. The standard InChI is InChI=1S/C26H31N3OS/c1-17-24(30-2)13-12-23(29-17)19-8-6-18(7-9-19)15-27-22-5-3-4-21(14-22)25-16-28-26(31-25)20-10-11-20/h3-5,12-14,16,18-20,27H,6-11,15H2,1-2H3/t18-,19-. The summed E-state index contributed by atoms with van der Waals surface area (Å²) in [6.07, 6.45) is 9.61. The van der Waals surface area contributed by atoms with Crippen molar-refractivity contribution in [1.29, 1.82) is 0 Å². The van der Waals surface area contributed by atoms with Crippen LogP contribution in [0.1, 0.15) is 66.8 Å². The number of ether oxygens (including phenoxy) is 1. The summed E-state index contributed by atoms with van der Waals surface area (Å²) in [5.74, 6) is 2.92. The van der Waals surface area contributed by atoms with Gasteiger partial charge in [0.15, 0.2) is 0 Å². The number of anilines is 1. The Morgan fingerprint density at radius 2 is 1.84 bits per heavy atom. The molecule has 0 unspecified atom stereocenters. The molecule has 5 rings (SSSR count). The maximum Gasteiger partial charge on any atom is 0.140 e. The van der Waals surface area contributed by atoms with Crippen LogP contribution in [-0.2, 0) is 0 Å². The van der Waals surface area contributed by atoms with E-state index in [0.717, 1.165) is 29.8 Å². The van der Waals surface area contributed by atoms with Gasteiger partial charge < -0.3 is 10.1 Å². The van der Waals surface area contributed by atoms with Gasteiger partial charge in [-0.3, -0.25) is 4.98 Å². The van der Waals surface area contributed by atoms with Crippen LogP contribution in [0, 0.1) is 12.8 Å². The largest absolute Gasteiger partial charge is 0.495 e. The van der Waals surface area contributed by atoms with Gasteiger partial charge in [-0.15, -0.1) is 11.3 Å². The minimum atomic E-state index is 0.580. The summed E-state index contributed by atoms with van der Waals surface area (Å²) in [5, 5.41) is 5.01. The van der Waals surface area contributed by atoms with Gasteiger partial charge in [0.25, 0.3) is 0 Å². The van der Waals surface area contributed by atoms with Gasteiger partial charge in [0, 0.05) is 36.0 Å². The number of pyridine rings is 1. The molecule has 0 radical (unpaired) electrons. The van der Waals surface area contributed by atoms with Crippen molar-refractivity contribution < 1.29 is 4.74 Å². The van der Waals surface area contributed by atoms with Crippen molar-refractivity contribution in [2.75, 3.05) is 19.0 Å². The van der Waals surface area contributed by atoms with Crippen LogP contribution in [0.4, 0.5) is 5.69 Å². The Labute approximate surface area is 189 Å². The highest BCUT2D eigenvalue weighted by Gasteiger charge is 2.27. The third-order valence-corrected chi connectivity index (χ3v) is 7.94. The summed E-state index contributed by atoms with van der Waals surface area (Å²) in [7, 11) is 1.71. The normalized spacial score (nSPS) is 21.1. The Balaban J connectivity index is 1.15. The van der Waals surface area contributed by atoms with Gasteiger partial charge in [-0.2, -0.15) is 0 Å². The molecule has 0 atom stereocenters. The van der Waals surface area contributed by atoms with Gasteiger partial charge >= 0.3 is 0 Å². The molecule has 2 saturated carbocycles. The van der Waals surface area contributed by atoms with Crippen molar-refractivity contribution in [2.24, 2.45) is 5.92 Å². The van der Waals surface area contributed by atoms with E-state index in [1.54, 1.807) is 7.11 Å². The van der Waals surface area contributed by atoms with Gasteiger partial charge in [0.1, 0.15) is 5.75 Å². The third-order valence-electron chi connectivity index (χ3n) is 6.74. The predicted octanol–water partition coefficient (Wildman–Crippen LogP) is 6.79. The molecule has 2 aliphatic rings. The van der Waals surface area contributed by atoms with Crippen molar-refractivity contribution in [3.63, 3.8) is 0 Å². The maximum absolute atomic E-state index is 5.36. The number of nitrogens with zero attached hydrogens (tertiary/aromatic N) is 2. The maximum atomic E-state index is 5.36. The molecule has 3 aromatic rings. The highest BCUT2D eigenvalue weighted by molar-refractivity contribution is 7.15. The Bertz CT molecular complexity index is 1030. The summed E-state index contributed by atoms with van der Waals surface area (Å²) >= 11 is 1.86. The van der Waals surface area contributed by atoms with Crippen LogP contribution in [0.15, 0.2) is 42.6 Å². The van der Waals surface area contributed by atoms with Crippen LogP contribution in [0.3, 0.4) is 0 Å². The molecule has 0 bridgehead atoms. The van der Waals surface area contributed by atoms with Crippen molar-refractivity contribution >= 4 is 17.0 Å². The van der Waals surface area contributed by atoms with Crippen molar-refractivity contribution in [2.45, 2.75) is 57.3 Å². The van der Waals surface area contributed by atoms with E-state index >= 15 is 0 Å². The van der Waals surface area contributed by atoms with Crippen molar-refractivity contribution in [3.05, 3.63) is 59.0 Å². The number of methoxy groups -OCH3 is 1. The predicted molar refractivity (Wildman–Crippen MR) is 128 cm³/mol. The molecule has 2 heterocycles. The first-order valence-electron chi connectivity index (χ1n) is 11.5. The van der Waals surface area contributed by atoms with Crippen molar-refractivity contribution in [1.82, 2.24) is 9.97 Å². The second-order valence-corrected chi connectivity index (χ2v) is 10.1. The topological polar surface area (TPSA) is 47.0 Å². The fraction of sp³-hybridized carbons (Fsp3) is 0.462. The molecule has 5 heteroatoms. The van der Waals surface area contributed by atoms with Gasteiger partial charge in [0.05, 0.1) is 22.7 Å². The summed E-state index contributed by atoms with van der Waals surface area (Å²) in [6, 6.07) is 13.0. The lowest BCUT2D eigenvalue weighted by Crippen LogP contribution is -2.21. The Morgan fingerprint density at radius 3 is 2.58 bits per heavy atom. The third kappa shape index (κ3) is 4.77. The summed E-state index contributed by atoms with van der Waals surface area (Å²) < 4.78 is 5.36. The van der Waals surface area contributed by atoms with Crippen LogP contribution < -0.4 is 10.1 Å². The van der Waals surface area contributed by atoms with Crippen LogP contribution in [-0.4, -0.2) is 23.6 Å². The zero-order valence-electron chi connectivity index (χ0n) is 18.4. The van der Waals surface area contributed by atoms with Gasteiger partial charge in [-0.25, -0.2) is 4.98 Å². The number of rotatable bonds is 7. The smallest absolute Gasteiger partial charge is 0.140 e. The quantitative estimate of drug-likeness (QED) is 0.446. The van der Waals surface area contributed by atoms with Gasteiger partial charge in [0.2, 0.25) is 0 Å². The molecule has 2 aliphatic carbocycles. The number of aromatic nitrogens is 2. The van der Waals surface area contributed by atoms with Crippen LogP contribution >= 0.6 is 11.3 Å². The fourth-order valence-corrected chi connectivity index (χ4v) is 5.74. The average Bonchev–Trinajstić information content (AvgIpc) is 3.54. The highest BCUT2D eigenvalue weighted by atomic mass is 32.1. The first-order valence-corrected chi connectivity index (χ1v) is 12.3. The molecule has 0 spiro atoms. The second kappa shape index (κ2) is 8.99. The molecule has 0 saturated heterocycles. The Kier molecular flexibility index (Phi) is 5.95.